The van der Waals surface area contributed by atoms with E-state index in [1.807, 2.05) is 6.92 Å². The van der Waals surface area contributed by atoms with Crippen molar-refractivity contribution >= 4 is 11.7 Å². The Balaban J connectivity index is 1.28. The molecular formula is C25H38N4O2. The minimum absolute atomic E-state index is 0.157. The van der Waals surface area contributed by atoms with E-state index in [4.69, 9.17) is 9.72 Å². The SMILES string of the molecule is Cc1nc(C(C)C)cc(N2C[C@H]3C[C@H](OCC4CC4)[C@@H](NC(=O)C4CCC4)C[C@H]3C2)n1. The molecule has 6 heteroatoms. The number of anilines is 1. The number of amides is 1. The first-order chi connectivity index (χ1) is 15.0. The summed E-state index contributed by atoms with van der Waals surface area (Å²) in [7, 11) is 0. The molecule has 5 rings (SSSR count). The number of aryl methyl sites for hydroxylation is 1. The molecule has 0 bridgehead atoms. The smallest absolute Gasteiger partial charge is 0.223 e. The van der Waals surface area contributed by atoms with Gasteiger partial charge in [-0.05, 0) is 69.1 Å². The maximum atomic E-state index is 12.7. The molecule has 0 radical (unpaired) electrons. The summed E-state index contributed by atoms with van der Waals surface area (Å²) < 4.78 is 6.41. The Morgan fingerprint density at radius 1 is 1.16 bits per heavy atom. The third kappa shape index (κ3) is 4.74. The van der Waals surface area contributed by atoms with Crippen LogP contribution in [0.3, 0.4) is 0 Å². The van der Waals surface area contributed by atoms with E-state index in [2.05, 4.69) is 35.1 Å². The highest BCUT2D eigenvalue weighted by Gasteiger charge is 2.44. The van der Waals surface area contributed by atoms with Gasteiger partial charge in [-0.15, -0.1) is 0 Å². The van der Waals surface area contributed by atoms with Crippen molar-refractivity contribution in [3.8, 4) is 0 Å². The van der Waals surface area contributed by atoms with Crippen molar-refractivity contribution in [2.45, 2.75) is 83.8 Å². The van der Waals surface area contributed by atoms with Crippen molar-refractivity contribution in [1.82, 2.24) is 15.3 Å². The summed E-state index contributed by atoms with van der Waals surface area (Å²) in [5.74, 6) is 4.77. The maximum Gasteiger partial charge on any atom is 0.223 e. The Kier molecular flexibility index (Phi) is 5.93. The fourth-order valence-electron chi connectivity index (χ4n) is 5.48. The molecular weight excluding hydrogens is 388 g/mol. The van der Waals surface area contributed by atoms with Crippen LogP contribution in [0.15, 0.2) is 6.07 Å². The van der Waals surface area contributed by atoms with Crippen LogP contribution < -0.4 is 10.2 Å². The number of fused-ring (bicyclic) bond motifs is 1. The molecule has 1 aromatic heterocycles. The summed E-state index contributed by atoms with van der Waals surface area (Å²) >= 11 is 0. The van der Waals surface area contributed by atoms with Crippen LogP contribution in [0.25, 0.3) is 0 Å². The standard InChI is InChI=1S/C25H38N4O2/c1-15(2)21-11-24(27-16(3)26-21)29-12-19-9-22(28-25(30)18-5-4-6-18)23(10-20(19)13-29)31-14-17-7-8-17/h11,15,17-20,22-23H,4-10,12-14H2,1-3H3,(H,28,30)/t19-,20+,22-,23-/m0/s1. The van der Waals surface area contributed by atoms with E-state index in [9.17, 15) is 4.79 Å². The molecule has 170 valence electrons. The van der Waals surface area contributed by atoms with Gasteiger partial charge in [0.05, 0.1) is 12.1 Å². The Morgan fingerprint density at radius 2 is 1.90 bits per heavy atom. The highest BCUT2D eigenvalue weighted by molar-refractivity contribution is 5.79. The molecule has 0 aromatic carbocycles. The second-order valence-electron chi connectivity index (χ2n) is 10.8. The molecule has 1 N–H and O–H groups in total. The fraction of sp³-hybridized carbons (Fsp3) is 0.800. The first-order valence-corrected chi connectivity index (χ1v) is 12.5. The van der Waals surface area contributed by atoms with Crippen LogP contribution in [-0.4, -0.2) is 47.7 Å². The number of nitrogens with one attached hydrogen (secondary N) is 1. The van der Waals surface area contributed by atoms with Crippen LogP contribution in [0.5, 0.6) is 0 Å². The Morgan fingerprint density at radius 3 is 2.55 bits per heavy atom. The largest absolute Gasteiger partial charge is 0.376 e. The molecule has 4 atom stereocenters. The summed E-state index contributed by atoms with van der Waals surface area (Å²) in [5.41, 5.74) is 1.12. The van der Waals surface area contributed by atoms with Gasteiger partial charge in [0, 0.05) is 37.4 Å². The van der Waals surface area contributed by atoms with Gasteiger partial charge in [0.1, 0.15) is 11.6 Å². The number of carbonyl (C=O) groups is 1. The summed E-state index contributed by atoms with van der Waals surface area (Å²) in [6, 6.07) is 2.33. The minimum atomic E-state index is 0.157. The molecule has 4 fully saturated rings. The van der Waals surface area contributed by atoms with E-state index in [1.165, 1.54) is 19.3 Å². The quantitative estimate of drug-likeness (QED) is 0.718. The number of hydrogen-bond acceptors (Lipinski definition) is 5. The topological polar surface area (TPSA) is 67.3 Å². The van der Waals surface area contributed by atoms with Crippen molar-refractivity contribution in [2.24, 2.45) is 23.7 Å². The van der Waals surface area contributed by atoms with Gasteiger partial charge < -0.3 is 15.0 Å². The van der Waals surface area contributed by atoms with Gasteiger partial charge >= 0.3 is 0 Å². The van der Waals surface area contributed by atoms with Crippen molar-refractivity contribution in [3.63, 3.8) is 0 Å². The predicted octanol–water partition coefficient (Wildman–Crippen LogP) is 3.83. The number of aromatic nitrogens is 2. The van der Waals surface area contributed by atoms with Gasteiger partial charge in [0.2, 0.25) is 5.91 Å². The third-order valence-electron chi connectivity index (χ3n) is 7.92. The normalized spacial score (nSPS) is 30.9. The Labute approximate surface area is 186 Å². The van der Waals surface area contributed by atoms with E-state index < -0.39 is 0 Å². The van der Waals surface area contributed by atoms with Crippen molar-refractivity contribution < 1.29 is 9.53 Å². The Bertz CT molecular complexity index is 805. The van der Waals surface area contributed by atoms with Gasteiger partial charge in [-0.3, -0.25) is 4.79 Å². The van der Waals surface area contributed by atoms with Gasteiger partial charge in [-0.1, -0.05) is 20.3 Å². The van der Waals surface area contributed by atoms with Gasteiger partial charge in [0.15, 0.2) is 0 Å². The lowest BCUT2D eigenvalue weighted by atomic mass is 9.76. The molecule has 3 saturated carbocycles. The monoisotopic (exact) mass is 426 g/mol. The molecule has 1 aliphatic heterocycles. The molecule has 0 unspecified atom stereocenters. The first-order valence-electron chi connectivity index (χ1n) is 12.5. The lowest BCUT2D eigenvalue weighted by molar-refractivity contribution is -0.130. The summed E-state index contributed by atoms with van der Waals surface area (Å²) in [6.07, 6.45) is 8.13. The zero-order valence-corrected chi connectivity index (χ0v) is 19.3. The molecule has 1 aromatic rings. The predicted molar refractivity (Wildman–Crippen MR) is 121 cm³/mol. The lowest BCUT2D eigenvalue weighted by Gasteiger charge is -2.39. The summed E-state index contributed by atoms with van der Waals surface area (Å²) in [6.45, 7) is 9.28. The molecule has 2 heterocycles. The molecule has 1 saturated heterocycles. The van der Waals surface area contributed by atoms with Gasteiger partial charge in [-0.2, -0.15) is 0 Å². The summed E-state index contributed by atoms with van der Waals surface area (Å²) in [5, 5.41) is 3.41. The number of rotatable bonds is 7. The maximum absolute atomic E-state index is 12.7. The molecule has 1 amide bonds. The van der Waals surface area contributed by atoms with E-state index in [-0.39, 0.29) is 24.0 Å². The lowest BCUT2D eigenvalue weighted by Crippen LogP contribution is -2.52. The van der Waals surface area contributed by atoms with Crippen LogP contribution >= 0.6 is 0 Å². The van der Waals surface area contributed by atoms with E-state index in [1.54, 1.807) is 0 Å². The first kappa shape index (κ1) is 21.2. The number of nitrogens with zero attached hydrogens (tertiary/aromatic N) is 3. The van der Waals surface area contributed by atoms with Gasteiger partial charge in [0.25, 0.3) is 0 Å². The average Bonchev–Trinajstić information content (AvgIpc) is 3.42. The van der Waals surface area contributed by atoms with E-state index >= 15 is 0 Å². The second-order valence-corrected chi connectivity index (χ2v) is 10.8. The van der Waals surface area contributed by atoms with Gasteiger partial charge in [-0.25, -0.2) is 9.97 Å². The van der Waals surface area contributed by atoms with E-state index in [0.717, 1.165) is 68.6 Å². The van der Waals surface area contributed by atoms with Crippen LogP contribution in [0.2, 0.25) is 0 Å². The van der Waals surface area contributed by atoms with Crippen LogP contribution in [0.4, 0.5) is 5.82 Å². The third-order valence-corrected chi connectivity index (χ3v) is 7.92. The molecule has 6 nitrogen and oxygen atoms in total. The second kappa shape index (κ2) is 8.68. The highest BCUT2D eigenvalue weighted by Crippen LogP contribution is 2.40. The van der Waals surface area contributed by atoms with Crippen LogP contribution in [0, 0.1) is 30.6 Å². The van der Waals surface area contributed by atoms with Crippen molar-refractivity contribution in [1.29, 1.82) is 0 Å². The Hall–Kier alpha value is -1.69. The number of ether oxygens (including phenoxy) is 1. The molecule has 0 spiro atoms. The molecule has 4 aliphatic rings. The molecule has 3 aliphatic carbocycles. The van der Waals surface area contributed by atoms with Crippen LogP contribution in [0.1, 0.15) is 76.2 Å². The zero-order chi connectivity index (χ0) is 21.5. The summed E-state index contributed by atoms with van der Waals surface area (Å²) in [4.78, 5) is 24.6. The molecule has 31 heavy (non-hydrogen) atoms. The van der Waals surface area contributed by atoms with Crippen molar-refractivity contribution in [2.75, 3.05) is 24.6 Å². The van der Waals surface area contributed by atoms with E-state index in [0.29, 0.717) is 17.8 Å². The fourth-order valence-corrected chi connectivity index (χ4v) is 5.48. The number of carbonyl (C=O) groups excluding carboxylic acids is 1. The average molecular weight is 427 g/mol. The number of hydrogen-bond donors (Lipinski definition) is 1. The highest BCUT2D eigenvalue weighted by atomic mass is 16.5. The van der Waals surface area contributed by atoms with Crippen LogP contribution in [-0.2, 0) is 9.53 Å². The van der Waals surface area contributed by atoms with Crippen molar-refractivity contribution in [3.05, 3.63) is 17.6 Å². The zero-order valence-electron chi connectivity index (χ0n) is 19.3. The minimum Gasteiger partial charge on any atom is -0.376 e.